The fraction of sp³-hybridized carbons (Fsp3) is 0.625. The fourth-order valence-corrected chi connectivity index (χ4v) is 6.81. The molecule has 0 radical (unpaired) electrons. The van der Waals surface area contributed by atoms with E-state index in [0.29, 0.717) is 36.4 Å². The summed E-state index contributed by atoms with van der Waals surface area (Å²) in [6.45, 7) is 5.10. The van der Waals surface area contributed by atoms with Crippen LogP contribution in [0.3, 0.4) is 0 Å². The minimum atomic E-state index is -0.552. The first-order valence-corrected chi connectivity index (χ1v) is 15.3. The van der Waals surface area contributed by atoms with Gasteiger partial charge in [0.05, 0.1) is 30.0 Å². The molecule has 2 aliphatic carbocycles. The lowest BCUT2D eigenvalue weighted by atomic mass is 9.84. The van der Waals surface area contributed by atoms with E-state index >= 15 is 0 Å². The minimum Gasteiger partial charge on any atom is -0.495 e. The zero-order valence-electron chi connectivity index (χ0n) is 26.0. The predicted octanol–water partition coefficient (Wildman–Crippen LogP) is 5.08. The molecule has 1 N–H and O–H groups in total. The van der Waals surface area contributed by atoms with Crippen molar-refractivity contribution in [2.45, 2.75) is 83.3 Å². The van der Waals surface area contributed by atoms with E-state index in [1.54, 1.807) is 37.4 Å². The summed E-state index contributed by atoms with van der Waals surface area (Å²) in [6.07, 6.45) is 11.7. The molecule has 2 heterocycles. The summed E-state index contributed by atoms with van der Waals surface area (Å²) in [5.41, 5.74) is 1.13. The topological polar surface area (TPSA) is 100 Å². The van der Waals surface area contributed by atoms with Crippen LogP contribution in [0.25, 0.3) is 0 Å². The van der Waals surface area contributed by atoms with E-state index in [2.05, 4.69) is 15.2 Å². The number of carbonyl (C=O) groups is 2. The first-order valence-electron chi connectivity index (χ1n) is 15.3. The summed E-state index contributed by atoms with van der Waals surface area (Å²) in [6, 6.07) is 5.76. The van der Waals surface area contributed by atoms with Gasteiger partial charge >= 0.3 is 0 Å². The second-order valence-corrected chi connectivity index (χ2v) is 12.8. The van der Waals surface area contributed by atoms with Crippen LogP contribution in [0.4, 0.5) is 23.1 Å². The Morgan fingerprint density at radius 2 is 1.83 bits per heavy atom. The van der Waals surface area contributed by atoms with Crippen LogP contribution < -0.4 is 24.8 Å². The molecule has 2 amide bonds. The van der Waals surface area contributed by atoms with Gasteiger partial charge in [-0.2, -0.15) is 4.98 Å². The number of carbonyl (C=O) groups excluding carboxylic acids is 2. The Balaban J connectivity index is 1.41. The lowest BCUT2D eigenvalue weighted by molar-refractivity contribution is -0.125. The molecular weight excluding hydrogens is 532 g/mol. The molecule has 2 saturated carbocycles. The average molecular weight is 579 g/mol. The van der Waals surface area contributed by atoms with Crippen LogP contribution in [0.1, 0.15) is 82.0 Å². The van der Waals surface area contributed by atoms with Gasteiger partial charge in [0.1, 0.15) is 11.4 Å². The molecule has 1 aromatic carbocycles. The molecule has 3 aliphatic rings. The Morgan fingerprint density at radius 1 is 1.12 bits per heavy atom. The summed E-state index contributed by atoms with van der Waals surface area (Å²) < 4.78 is 11.6. The summed E-state index contributed by atoms with van der Waals surface area (Å²) in [5, 5.41) is 3.08. The number of anilines is 4. The molecule has 0 bridgehead atoms. The molecule has 10 nitrogen and oxygen atoms in total. The third kappa shape index (κ3) is 5.78. The number of amides is 2. The standard InChI is InChI=1S/C32H46N6O4/c1-31(2)21-38(23-12-8-9-13-23)27-25(36(3)29(31)40)19-33-30(35-27)37(4)24-15-14-22(18-26(24)41-5)28(39)34-20-32(42-6)16-10-7-11-17-32/h14-15,18-19,23H,7-13,16-17,20-21H2,1-6H3,(H,34,39). The van der Waals surface area contributed by atoms with Crippen molar-refractivity contribution in [3.05, 3.63) is 30.0 Å². The highest BCUT2D eigenvalue weighted by Gasteiger charge is 2.41. The Labute approximate surface area is 249 Å². The van der Waals surface area contributed by atoms with Crippen molar-refractivity contribution in [2.24, 2.45) is 5.41 Å². The Hall–Kier alpha value is -3.40. The summed E-state index contributed by atoms with van der Waals surface area (Å²) in [4.78, 5) is 42.1. The van der Waals surface area contributed by atoms with Crippen molar-refractivity contribution in [1.29, 1.82) is 0 Å². The van der Waals surface area contributed by atoms with E-state index in [4.69, 9.17) is 14.5 Å². The molecule has 42 heavy (non-hydrogen) atoms. The Kier molecular flexibility index (Phi) is 8.64. The van der Waals surface area contributed by atoms with Gasteiger partial charge in [-0.3, -0.25) is 9.59 Å². The van der Waals surface area contributed by atoms with Gasteiger partial charge in [0.25, 0.3) is 5.91 Å². The van der Waals surface area contributed by atoms with Crippen molar-refractivity contribution in [2.75, 3.05) is 56.1 Å². The third-order valence-corrected chi connectivity index (χ3v) is 9.46. The SMILES string of the molecule is COc1cc(C(=O)NCC2(OC)CCCCC2)ccc1N(C)c1ncc2c(n1)N(C1CCCC1)CC(C)(C)C(=O)N2C. The molecular formula is C32H46N6O4. The summed E-state index contributed by atoms with van der Waals surface area (Å²) in [7, 11) is 7.03. The van der Waals surface area contributed by atoms with Crippen LogP contribution >= 0.6 is 0 Å². The number of nitrogens with zero attached hydrogens (tertiary/aromatic N) is 5. The fourth-order valence-electron chi connectivity index (χ4n) is 6.81. The first-order chi connectivity index (χ1) is 20.1. The number of aromatic nitrogens is 2. The molecule has 0 spiro atoms. The lowest BCUT2D eigenvalue weighted by Crippen LogP contribution is -2.45. The highest BCUT2D eigenvalue weighted by molar-refractivity contribution is 6.01. The van der Waals surface area contributed by atoms with E-state index in [0.717, 1.165) is 55.7 Å². The largest absolute Gasteiger partial charge is 0.495 e. The van der Waals surface area contributed by atoms with Gasteiger partial charge in [0.15, 0.2) is 5.82 Å². The predicted molar refractivity (Wildman–Crippen MR) is 165 cm³/mol. The number of hydrogen-bond acceptors (Lipinski definition) is 8. The van der Waals surface area contributed by atoms with E-state index in [-0.39, 0.29) is 17.4 Å². The van der Waals surface area contributed by atoms with Crippen LogP contribution in [0.5, 0.6) is 5.75 Å². The summed E-state index contributed by atoms with van der Waals surface area (Å²) in [5.74, 6) is 1.72. The normalized spacial score (nSPS) is 20.2. The zero-order valence-corrected chi connectivity index (χ0v) is 26.0. The zero-order chi connectivity index (χ0) is 30.1. The van der Waals surface area contributed by atoms with Gasteiger partial charge in [-0.05, 0) is 57.7 Å². The van der Waals surface area contributed by atoms with Crippen molar-refractivity contribution >= 4 is 35.0 Å². The molecule has 0 atom stereocenters. The van der Waals surface area contributed by atoms with Crippen LogP contribution in [0.2, 0.25) is 0 Å². The summed E-state index contributed by atoms with van der Waals surface area (Å²) >= 11 is 0. The van der Waals surface area contributed by atoms with E-state index < -0.39 is 5.41 Å². The number of hydrogen-bond donors (Lipinski definition) is 1. The molecule has 1 aliphatic heterocycles. The maximum atomic E-state index is 13.3. The van der Waals surface area contributed by atoms with Crippen LogP contribution in [-0.4, -0.2) is 74.8 Å². The second-order valence-electron chi connectivity index (χ2n) is 12.8. The highest BCUT2D eigenvalue weighted by Crippen LogP contribution is 2.41. The van der Waals surface area contributed by atoms with Gasteiger partial charge in [-0.25, -0.2) is 4.98 Å². The molecule has 5 rings (SSSR count). The van der Waals surface area contributed by atoms with Crippen molar-refractivity contribution < 1.29 is 19.1 Å². The first kappa shape index (κ1) is 30.1. The van der Waals surface area contributed by atoms with Crippen LogP contribution in [0.15, 0.2) is 24.4 Å². The number of benzene rings is 1. The molecule has 10 heteroatoms. The van der Waals surface area contributed by atoms with Gasteiger partial charge in [0, 0.05) is 45.9 Å². The lowest BCUT2D eigenvalue weighted by Gasteiger charge is -2.36. The quantitative estimate of drug-likeness (QED) is 0.463. The van der Waals surface area contributed by atoms with Gasteiger partial charge in [-0.1, -0.05) is 32.1 Å². The van der Waals surface area contributed by atoms with Crippen molar-refractivity contribution in [1.82, 2.24) is 15.3 Å². The van der Waals surface area contributed by atoms with Crippen LogP contribution in [0, 0.1) is 5.41 Å². The Morgan fingerprint density at radius 3 is 2.50 bits per heavy atom. The molecule has 2 aromatic rings. The maximum absolute atomic E-state index is 13.3. The van der Waals surface area contributed by atoms with Gasteiger partial charge < -0.3 is 29.5 Å². The number of ether oxygens (including phenoxy) is 2. The van der Waals surface area contributed by atoms with Gasteiger partial charge in [0.2, 0.25) is 11.9 Å². The highest BCUT2D eigenvalue weighted by atomic mass is 16.5. The number of rotatable bonds is 8. The monoisotopic (exact) mass is 578 g/mol. The van der Waals surface area contributed by atoms with Gasteiger partial charge in [-0.15, -0.1) is 0 Å². The van der Waals surface area contributed by atoms with E-state index in [1.165, 1.54) is 19.3 Å². The molecule has 228 valence electrons. The van der Waals surface area contributed by atoms with Crippen molar-refractivity contribution in [3.63, 3.8) is 0 Å². The molecule has 2 fully saturated rings. The van der Waals surface area contributed by atoms with E-state index in [1.807, 2.05) is 38.9 Å². The number of nitrogens with one attached hydrogen (secondary N) is 1. The minimum absolute atomic E-state index is 0.0596. The molecule has 1 aromatic heterocycles. The third-order valence-electron chi connectivity index (χ3n) is 9.46. The number of methoxy groups -OCH3 is 2. The van der Waals surface area contributed by atoms with E-state index in [9.17, 15) is 9.59 Å². The average Bonchev–Trinajstić information content (AvgIpc) is 3.54. The van der Waals surface area contributed by atoms with Crippen molar-refractivity contribution in [3.8, 4) is 5.75 Å². The second kappa shape index (κ2) is 12.1. The molecule has 0 unspecified atom stereocenters. The Bertz CT molecular complexity index is 1300. The number of fused-ring (bicyclic) bond motifs is 1. The van der Waals surface area contributed by atoms with Crippen LogP contribution in [-0.2, 0) is 9.53 Å². The molecule has 0 saturated heterocycles. The maximum Gasteiger partial charge on any atom is 0.251 e. The smallest absolute Gasteiger partial charge is 0.251 e.